The molecule has 0 aliphatic rings. The molecule has 78 valence electrons. The highest BCUT2D eigenvalue weighted by molar-refractivity contribution is 5.47. The van der Waals surface area contributed by atoms with Gasteiger partial charge < -0.3 is 10.6 Å². The van der Waals surface area contributed by atoms with Crippen LogP contribution >= 0.6 is 0 Å². The first kappa shape index (κ1) is 10.9. The van der Waals surface area contributed by atoms with Gasteiger partial charge >= 0.3 is 0 Å². The van der Waals surface area contributed by atoms with Crippen LogP contribution < -0.4 is 10.6 Å². The largest absolute Gasteiger partial charge is 0.377 e. The lowest BCUT2D eigenvalue weighted by Crippen LogP contribution is -2.12. The summed E-state index contributed by atoms with van der Waals surface area (Å²) in [4.78, 5) is 1.65. The molecule has 1 aromatic carbocycles. The van der Waals surface area contributed by atoms with Gasteiger partial charge in [-0.15, -0.1) is 0 Å². The highest BCUT2D eigenvalue weighted by Gasteiger charge is 2.10. The molecule has 0 aliphatic heterocycles. The highest BCUT2D eigenvalue weighted by Crippen LogP contribution is 2.20. The van der Waals surface area contributed by atoms with Crippen LogP contribution in [0.3, 0.4) is 0 Å². The van der Waals surface area contributed by atoms with Crippen LogP contribution in [0.15, 0.2) is 12.1 Å². The fraction of sp³-hybridized carbons (Fsp3) is 0.400. The number of hydrogen-bond donors (Lipinski definition) is 1. The van der Waals surface area contributed by atoms with Gasteiger partial charge in [-0.3, -0.25) is 0 Å². The van der Waals surface area contributed by atoms with Crippen LogP contribution in [0.25, 0.3) is 0 Å². The molecule has 0 radical (unpaired) electrons. The first-order valence-corrected chi connectivity index (χ1v) is 4.41. The maximum absolute atomic E-state index is 13.3. The molecule has 0 amide bonds. The lowest BCUT2D eigenvalue weighted by atomic mass is 10.1. The SMILES string of the molecule is CN(C)c1cc(F)c(CCN)c(F)c1. The van der Waals surface area contributed by atoms with Crippen molar-refractivity contribution in [3.8, 4) is 0 Å². The number of anilines is 1. The standard InChI is InChI=1S/C10H14F2N2/c1-14(2)7-5-9(11)8(3-4-13)10(12)6-7/h5-6H,3-4,13H2,1-2H3. The number of benzene rings is 1. The van der Waals surface area contributed by atoms with Crippen molar-refractivity contribution in [3.05, 3.63) is 29.3 Å². The summed E-state index contributed by atoms with van der Waals surface area (Å²) >= 11 is 0. The number of nitrogens with two attached hydrogens (primary N) is 1. The molecule has 0 unspecified atom stereocenters. The first-order chi connectivity index (χ1) is 6.56. The average molecular weight is 200 g/mol. The topological polar surface area (TPSA) is 29.3 Å². The van der Waals surface area contributed by atoms with Crippen LogP contribution in [0.4, 0.5) is 14.5 Å². The van der Waals surface area contributed by atoms with E-state index in [0.29, 0.717) is 5.69 Å². The fourth-order valence-electron chi connectivity index (χ4n) is 1.23. The molecule has 1 rings (SSSR count). The van der Waals surface area contributed by atoms with E-state index in [1.54, 1.807) is 19.0 Å². The van der Waals surface area contributed by atoms with E-state index in [-0.39, 0.29) is 18.5 Å². The van der Waals surface area contributed by atoms with Gasteiger partial charge in [0, 0.05) is 25.3 Å². The van der Waals surface area contributed by atoms with E-state index in [4.69, 9.17) is 5.73 Å². The predicted octanol–water partition coefficient (Wildman–Crippen LogP) is 1.53. The Morgan fingerprint density at radius 3 is 2.07 bits per heavy atom. The summed E-state index contributed by atoms with van der Waals surface area (Å²) in [6, 6.07) is 2.63. The second kappa shape index (κ2) is 4.37. The van der Waals surface area contributed by atoms with Gasteiger partial charge in [-0.1, -0.05) is 0 Å². The van der Waals surface area contributed by atoms with Crippen molar-refractivity contribution in [3.63, 3.8) is 0 Å². The van der Waals surface area contributed by atoms with Crippen molar-refractivity contribution in [1.29, 1.82) is 0 Å². The summed E-state index contributed by atoms with van der Waals surface area (Å²) in [6.45, 7) is 0.245. The van der Waals surface area contributed by atoms with Gasteiger partial charge in [-0.2, -0.15) is 0 Å². The zero-order valence-corrected chi connectivity index (χ0v) is 8.35. The molecular formula is C10H14F2N2. The summed E-state index contributed by atoms with van der Waals surface area (Å²) in [6.07, 6.45) is 0.228. The predicted molar refractivity (Wildman–Crippen MR) is 53.4 cm³/mol. The maximum atomic E-state index is 13.3. The minimum Gasteiger partial charge on any atom is -0.377 e. The summed E-state index contributed by atoms with van der Waals surface area (Å²) in [5.41, 5.74) is 5.83. The Morgan fingerprint density at radius 2 is 1.71 bits per heavy atom. The second-order valence-corrected chi connectivity index (χ2v) is 3.32. The van der Waals surface area contributed by atoms with Gasteiger partial charge in [0.25, 0.3) is 0 Å². The molecule has 0 fully saturated rings. The molecule has 0 atom stereocenters. The third-order valence-electron chi connectivity index (χ3n) is 2.04. The van der Waals surface area contributed by atoms with Crippen molar-refractivity contribution in [2.24, 2.45) is 5.73 Å². The second-order valence-electron chi connectivity index (χ2n) is 3.32. The Kier molecular flexibility index (Phi) is 3.41. The molecule has 2 N–H and O–H groups in total. The monoisotopic (exact) mass is 200 g/mol. The third kappa shape index (κ3) is 2.20. The average Bonchev–Trinajstić information content (AvgIpc) is 2.10. The van der Waals surface area contributed by atoms with E-state index >= 15 is 0 Å². The van der Waals surface area contributed by atoms with E-state index in [9.17, 15) is 8.78 Å². The van der Waals surface area contributed by atoms with Crippen LogP contribution in [-0.4, -0.2) is 20.6 Å². The molecule has 0 aliphatic carbocycles. The Hall–Kier alpha value is -1.16. The summed E-state index contributed by atoms with van der Waals surface area (Å²) in [5, 5.41) is 0. The molecule has 0 spiro atoms. The highest BCUT2D eigenvalue weighted by atomic mass is 19.1. The molecule has 0 saturated heterocycles. The summed E-state index contributed by atoms with van der Waals surface area (Å²) in [7, 11) is 3.47. The molecule has 0 bridgehead atoms. The van der Waals surface area contributed by atoms with Crippen molar-refractivity contribution in [2.45, 2.75) is 6.42 Å². The van der Waals surface area contributed by atoms with Crippen LogP contribution in [0.5, 0.6) is 0 Å². The Labute approximate surface area is 82.3 Å². The number of rotatable bonds is 3. The minimum absolute atomic E-state index is 0.0677. The number of hydrogen-bond acceptors (Lipinski definition) is 2. The molecule has 0 saturated carbocycles. The summed E-state index contributed by atoms with van der Waals surface area (Å²) in [5.74, 6) is -1.06. The van der Waals surface area contributed by atoms with Gasteiger partial charge in [-0.05, 0) is 25.1 Å². The fourth-order valence-corrected chi connectivity index (χ4v) is 1.23. The maximum Gasteiger partial charge on any atom is 0.131 e. The third-order valence-corrected chi connectivity index (χ3v) is 2.04. The quantitative estimate of drug-likeness (QED) is 0.801. The molecule has 2 nitrogen and oxygen atoms in total. The number of halogens is 2. The van der Waals surface area contributed by atoms with Gasteiger partial charge in [0.2, 0.25) is 0 Å². The Morgan fingerprint density at radius 1 is 1.21 bits per heavy atom. The molecule has 1 aromatic rings. The molecule has 4 heteroatoms. The smallest absolute Gasteiger partial charge is 0.131 e. The molecule has 0 aromatic heterocycles. The van der Waals surface area contributed by atoms with Crippen LogP contribution in [-0.2, 0) is 6.42 Å². The zero-order valence-electron chi connectivity index (χ0n) is 8.35. The van der Waals surface area contributed by atoms with E-state index in [1.165, 1.54) is 12.1 Å². The molecule has 14 heavy (non-hydrogen) atoms. The first-order valence-electron chi connectivity index (χ1n) is 4.41. The lowest BCUT2D eigenvalue weighted by Gasteiger charge is -2.14. The van der Waals surface area contributed by atoms with Crippen LogP contribution in [0, 0.1) is 11.6 Å². The van der Waals surface area contributed by atoms with Gasteiger partial charge in [-0.25, -0.2) is 8.78 Å². The van der Waals surface area contributed by atoms with E-state index in [0.717, 1.165) is 0 Å². The minimum atomic E-state index is -0.529. The normalized spacial score (nSPS) is 10.4. The summed E-state index contributed by atoms with van der Waals surface area (Å²) < 4.78 is 26.7. The van der Waals surface area contributed by atoms with Crippen LogP contribution in [0.2, 0.25) is 0 Å². The van der Waals surface area contributed by atoms with Gasteiger partial charge in [0.15, 0.2) is 0 Å². The zero-order chi connectivity index (χ0) is 10.7. The van der Waals surface area contributed by atoms with Gasteiger partial charge in [0.05, 0.1) is 0 Å². The van der Waals surface area contributed by atoms with Crippen molar-refractivity contribution < 1.29 is 8.78 Å². The van der Waals surface area contributed by atoms with Crippen molar-refractivity contribution >= 4 is 5.69 Å². The molecule has 0 heterocycles. The Bertz CT molecular complexity index is 301. The number of nitrogens with zero attached hydrogens (tertiary/aromatic N) is 1. The van der Waals surface area contributed by atoms with Crippen molar-refractivity contribution in [2.75, 3.05) is 25.5 Å². The van der Waals surface area contributed by atoms with E-state index in [2.05, 4.69) is 0 Å². The van der Waals surface area contributed by atoms with Crippen LogP contribution in [0.1, 0.15) is 5.56 Å². The Balaban J connectivity index is 3.11. The van der Waals surface area contributed by atoms with Crippen molar-refractivity contribution in [1.82, 2.24) is 0 Å². The van der Waals surface area contributed by atoms with E-state index < -0.39 is 11.6 Å². The van der Waals surface area contributed by atoms with Gasteiger partial charge in [0.1, 0.15) is 11.6 Å². The molecular weight excluding hydrogens is 186 g/mol. The lowest BCUT2D eigenvalue weighted by molar-refractivity contribution is 0.555. The van der Waals surface area contributed by atoms with E-state index in [1.807, 2.05) is 0 Å².